The molecule has 4 nitrogen and oxygen atoms in total. The van der Waals surface area contributed by atoms with Crippen LogP contribution in [0.5, 0.6) is 0 Å². The monoisotopic (exact) mass is 372 g/mol. The smallest absolute Gasteiger partial charge is 0.0961 e. The topological polar surface area (TPSA) is 41.9 Å². The van der Waals surface area contributed by atoms with E-state index in [2.05, 4.69) is 92.5 Å². The molecular formula is C24H28N4. The SMILES string of the molecule is C=C(Nc1ccc2cnn(C(C)C)c2c1)N[C@H](C)C1=C(C)c2ccccc2C1. The fourth-order valence-corrected chi connectivity index (χ4v) is 4.11. The molecule has 0 spiro atoms. The Bertz CT molecular complexity index is 1070. The highest BCUT2D eigenvalue weighted by molar-refractivity contribution is 5.82. The van der Waals surface area contributed by atoms with Crippen molar-refractivity contribution < 1.29 is 0 Å². The van der Waals surface area contributed by atoms with Crippen LogP contribution in [-0.2, 0) is 6.42 Å². The van der Waals surface area contributed by atoms with E-state index in [1.54, 1.807) is 0 Å². The summed E-state index contributed by atoms with van der Waals surface area (Å²) >= 11 is 0. The second-order valence-electron chi connectivity index (χ2n) is 7.91. The summed E-state index contributed by atoms with van der Waals surface area (Å²) in [5.41, 5.74) is 7.74. The molecule has 2 aromatic carbocycles. The molecular weight excluding hydrogens is 344 g/mol. The first kappa shape index (κ1) is 18.4. The predicted octanol–water partition coefficient (Wildman–Crippen LogP) is 5.51. The molecule has 1 aromatic heterocycles. The van der Waals surface area contributed by atoms with Crippen molar-refractivity contribution in [2.24, 2.45) is 0 Å². The average molecular weight is 373 g/mol. The average Bonchev–Trinajstić information content (AvgIpc) is 3.23. The molecule has 1 heterocycles. The Balaban J connectivity index is 1.47. The molecule has 144 valence electrons. The minimum Gasteiger partial charge on any atom is -0.366 e. The van der Waals surface area contributed by atoms with E-state index in [0.717, 1.165) is 28.8 Å². The van der Waals surface area contributed by atoms with Gasteiger partial charge in [0.15, 0.2) is 0 Å². The lowest BCUT2D eigenvalue weighted by molar-refractivity contribution is 0.551. The fourth-order valence-electron chi connectivity index (χ4n) is 4.11. The van der Waals surface area contributed by atoms with E-state index in [1.807, 2.05) is 10.9 Å². The largest absolute Gasteiger partial charge is 0.366 e. The summed E-state index contributed by atoms with van der Waals surface area (Å²) in [6.45, 7) is 12.9. The first-order chi connectivity index (χ1) is 13.4. The Kier molecular flexibility index (Phi) is 4.71. The number of nitrogens with zero attached hydrogens (tertiary/aromatic N) is 2. The molecule has 1 aliphatic carbocycles. The molecule has 0 unspecified atom stereocenters. The predicted molar refractivity (Wildman–Crippen MR) is 118 cm³/mol. The first-order valence-corrected chi connectivity index (χ1v) is 9.91. The van der Waals surface area contributed by atoms with Crippen molar-refractivity contribution in [3.8, 4) is 0 Å². The lowest BCUT2D eigenvalue weighted by atomic mass is 10.0. The molecule has 4 rings (SSSR count). The van der Waals surface area contributed by atoms with Gasteiger partial charge in [-0.15, -0.1) is 0 Å². The minimum absolute atomic E-state index is 0.220. The quantitative estimate of drug-likeness (QED) is 0.600. The number of hydrogen-bond acceptors (Lipinski definition) is 3. The van der Waals surface area contributed by atoms with Crippen molar-refractivity contribution in [2.75, 3.05) is 5.32 Å². The van der Waals surface area contributed by atoms with Gasteiger partial charge in [-0.1, -0.05) is 30.8 Å². The van der Waals surface area contributed by atoms with Crippen molar-refractivity contribution in [3.05, 3.63) is 77.8 Å². The first-order valence-electron chi connectivity index (χ1n) is 9.91. The highest BCUT2D eigenvalue weighted by Gasteiger charge is 2.22. The van der Waals surface area contributed by atoms with Crippen LogP contribution in [0.25, 0.3) is 16.5 Å². The van der Waals surface area contributed by atoms with Crippen molar-refractivity contribution >= 4 is 22.2 Å². The highest BCUT2D eigenvalue weighted by Crippen LogP contribution is 2.34. The maximum Gasteiger partial charge on any atom is 0.0961 e. The van der Waals surface area contributed by atoms with Gasteiger partial charge in [-0.25, -0.2) is 0 Å². The molecule has 0 saturated carbocycles. The van der Waals surface area contributed by atoms with Crippen LogP contribution in [0.3, 0.4) is 0 Å². The number of aromatic nitrogens is 2. The molecule has 0 bridgehead atoms. The van der Waals surface area contributed by atoms with Gasteiger partial charge < -0.3 is 10.6 Å². The fraction of sp³-hybridized carbons (Fsp3) is 0.292. The van der Waals surface area contributed by atoms with Crippen molar-refractivity contribution in [1.29, 1.82) is 0 Å². The molecule has 0 fully saturated rings. The summed E-state index contributed by atoms with van der Waals surface area (Å²) in [7, 11) is 0. The summed E-state index contributed by atoms with van der Waals surface area (Å²) in [4.78, 5) is 0. The third-order valence-corrected chi connectivity index (χ3v) is 5.58. The van der Waals surface area contributed by atoms with Gasteiger partial charge in [0.05, 0.1) is 17.5 Å². The van der Waals surface area contributed by atoms with E-state index < -0.39 is 0 Å². The molecule has 1 atom stereocenters. The maximum atomic E-state index is 4.49. The molecule has 4 heteroatoms. The van der Waals surface area contributed by atoms with Gasteiger partial charge in [-0.2, -0.15) is 5.10 Å². The third-order valence-electron chi connectivity index (χ3n) is 5.58. The van der Waals surface area contributed by atoms with Gasteiger partial charge in [-0.3, -0.25) is 4.68 Å². The van der Waals surface area contributed by atoms with E-state index >= 15 is 0 Å². The van der Waals surface area contributed by atoms with Crippen LogP contribution in [-0.4, -0.2) is 15.8 Å². The van der Waals surface area contributed by atoms with Crippen molar-refractivity contribution in [3.63, 3.8) is 0 Å². The van der Waals surface area contributed by atoms with Gasteiger partial charge in [0.2, 0.25) is 0 Å². The minimum atomic E-state index is 0.220. The summed E-state index contributed by atoms with van der Waals surface area (Å²) in [6.07, 6.45) is 2.92. The summed E-state index contributed by atoms with van der Waals surface area (Å²) < 4.78 is 2.04. The van der Waals surface area contributed by atoms with Crippen LogP contribution in [0.15, 0.2) is 66.6 Å². The molecule has 0 aliphatic heterocycles. The Morgan fingerprint density at radius 2 is 1.93 bits per heavy atom. The zero-order valence-electron chi connectivity index (χ0n) is 17.1. The zero-order valence-corrected chi connectivity index (χ0v) is 17.1. The Hall–Kier alpha value is -3.01. The van der Waals surface area contributed by atoms with Crippen molar-refractivity contribution in [1.82, 2.24) is 15.1 Å². The van der Waals surface area contributed by atoms with E-state index in [4.69, 9.17) is 0 Å². The van der Waals surface area contributed by atoms with Crippen molar-refractivity contribution in [2.45, 2.75) is 46.2 Å². The van der Waals surface area contributed by atoms with E-state index in [1.165, 1.54) is 22.3 Å². The van der Waals surface area contributed by atoms with Crippen LogP contribution in [0, 0.1) is 0 Å². The summed E-state index contributed by atoms with van der Waals surface area (Å²) in [5, 5.41) is 12.6. The van der Waals surface area contributed by atoms with Gasteiger partial charge in [0.25, 0.3) is 0 Å². The zero-order chi connectivity index (χ0) is 19.8. The second kappa shape index (κ2) is 7.19. The number of fused-ring (bicyclic) bond motifs is 2. The molecule has 1 aliphatic rings. The molecule has 28 heavy (non-hydrogen) atoms. The lowest BCUT2D eigenvalue weighted by Crippen LogP contribution is -2.30. The van der Waals surface area contributed by atoms with Gasteiger partial charge in [0, 0.05) is 23.2 Å². The number of allylic oxidation sites excluding steroid dienone is 1. The molecule has 0 saturated heterocycles. The van der Waals surface area contributed by atoms with Crippen LogP contribution in [0.4, 0.5) is 5.69 Å². The highest BCUT2D eigenvalue weighted by atomic mass is 15.3. The second-order valence-corrected chi connectivity index (χ2v) is 7.91. The molecule has 3 aromatic rings. The Morgan fingerprint density at radius 1 is 1.14 bits per heavy atom. The maximum absolute atomic E-state index is 4.49. The summed E-state index contributed by atoms with van der Waals surface area (Å²) in [6, 6.07) is 15.5. The number of hydrogen-bond donors (Lipinski definition) is 2. The third kappa shape index (κ3) is 3.31. The molecule has 0 radical (unpaired) electrons. The van der Waals surface area contributed by atoms with E-state index in [9.17, 15) is 0 Å². The normalized spacial score (nSPS) is 14.5. The van der Waals surface area contributed by atoms with Gasteiger partial charge >= 0.3 is 0 Å². The number of anilines is 1. The summed E-state index contributed by atoms with van der Waals surface area (Å²) in [5.74, 6) is 0.804. The van der Waals surface area contributed by atoms with Crippen LogP contribution in [0.2, 0.25) is 0 Å². The Labute approximate surface area is 167 Å². The van der Waals surface area contributed by atoms with Gasteiger partial charge in [-0.05, 0) is 74.6 Å². The number of nitrogens with one attached hydrogen (secondary N) is 2. The van der Waals surface area contributed by atoms with E-state index in [-0.39, 0.29) is 6.04 Å². The molecule has 2 N–H and O–H groups in total. The molecule has 0 amide bonds. The number of benzene rings is 2. The lowest BCUT2D eigenvalue weighted by Gasteiger charge is -2.21. The number of rotatable bonds is 6. The van der Waals surface area contributed by atoms with Gasteiger partial charge in [0.1, 0.15) is 0 Å². The van der Waals surface area contributed by atoms with Crippen LogP contribution >= 0.6 is 0 Å². The standard InChI is InChI=1S/C24H28N4/c1-15(2)28-24-13-21(11-10-20(24)14-25-28)27-18(5)26-17(4)23-12-19-8-6-7-9-22(19)16(23)3/h6-11,13-15,17,26-27H,5,12H2,1-4H3/t17-/m1/s1. The van der Waals surface area contributed by atoms with Crippen LogP contribution < -0.4 is 10.6 Å². The van der Waals surface area contributed by atoms with E-state index in [0.29, 0.717) is 6.04 Å². The van der Waals surface area contributed by atoms with Crippen LogP contribution in [0.1, 0.15) is 44.9 Å². The Morgan fingerprint density at radius 3 is 2.68 bits per heavy atom.